The summed E-state index contributed by atoms with van der Waals surface area (Å²) in [5.41, 5.74) is 1.56. The van der Waals surface area contributed by atoms with E-state index in [1.807, 2.05) is 23.9 Å². The van der Waals surface area contributed by atoms with Gasteiger partial charge in [-0.05, 0) is 43.6 Å². The van der Waals surface area contributed by atoms with Crippen molar-refractivity contribution in [1.29, 1.82) is 0 Å². The predicted octanol–water partition coefficient (Wildman–Crippen LogP) is 2.71. The molecule has 18 heavy (non-hydrogen) atoms. The Balaban J connectivity index is 1.68. The van der Waals surface area contributed by atoms with Gasteiger partial charge < -0.3 is 10.0 Å². The van der Waals surface area contributed by atoms with Crippen molar-refractivity contribution >= 4 is 17.7 Å². The summed E-state index contributed by atoms with van der Waals surface area (Å²) in [7, 11) is 0. The molecule has 4 heteroatoms. The van der Waals surface area contributed by atoms with Gasteiger partial charge in [0.1, 0.15) is 0 Å². The third kappa shape index (κ3) is 4.03. The summed E-state index contributed by atoms with van der Waals surface area (Å²) >= 11 is 1.92. The average Bonchev–Trinajstić information content (AvgIpc) is 2.88. The smallest absolute Gasteiger partial charge is 0.335 e. The average molecular weight is 265 g/mol. The van der Waals surface area contributed by atoms with E-state index in [0.29, 0.717) is 5.56 Å². The highest BCUT2D eigenvalue weighted by molar-refractivity contribution is 7.98. The van der Waals surface area contributed by atoms with Gasteiger partial charge in [-0.2, -0.15) is 11.8 Å². The van der Waals surface area contributed by atoms with Crippen LogP contribution in [0.3, 0.4) is 0 Å². The lowest BCUT2D eigenvalue weighted by Crippen LogP contribution is -2.21. The Morgan fingerprint density at radius 3 is 2.50 bits per heavy atom. The molecule has 0 saturated carbocycles. The van der Waals surface area contributed by atoms with E-state index in [2.05, 4.69) is 4.90 Å². The summed E-state index contributed by atoms with van der Waals surface area (Å²) in [5, 5.41) is 8.80. The van der Waals surface area contributed by atoms with E-state index in [-0.39, 0.29) is 0 Å². The molecule has 0 atom stereocenters. The summed E-state index contributed by atoms with van der Waals surface area (Å²) in [6.45, 7) is 3.69. The molecule has 2 rings (SSSR count). The van der Waals surface area contributed by atoms with Crippen molar-refractivity contribution in [3.05, 3.63) is 35.4 Å². The number of benzene rings is 1. The Morgan fingerprint density at radius 2 is 1.89 bits per heavy atom. The van der Waals surface area contributed by atoms with Crippen molar-refractivity contribution in [2.75, 3.05) is 25.4 Å². The minimum Gasteiger partial charge on any atom is -0.478 e. The number of likely N-dealkylation sites (tertiary alicyclic amines) is 1. The first-order valence-corrected chi connectivity index (χ1v) is 7.53. The highest BCUT2D eigenvalue weighted by Crippen LogP contribution is 2.15. The van der Waals surface area contributed by atoms with E-state index in [1.165, 1.54) is 38.0 Å². The van der Waals surface area contributed by atoms with Crippen LogP contribution in [0, 0.1) is 0 Å². The summed E-state index contributed by atoms with van der Waals surface area (Å²) in [6.07, 6.45) is 2.70. The van der Waals surface area contributed by atoms with E-state index in [9.17, 15) is 4.79 Å². The predicted molar refractivity (Wildman–Crippen MR) is 75.2 cm³/mol. The van der Waals surface area contributed by atoms with Crippen LogP contribution < -0.4 is 0 Å². The molecule has 0 aromatic heterocycles. The van der Waals surface area contributed by atoms with Gasteiger partial charge in [0.15, 0.2) is 0 Å². The number of hydrogen-bond donors (Lipinski definition) is 1. The maximum absolute atomic E-state index is 10.7. The number of nitrogens with zero attached hydrogens (tertiary/aromatic N) is 1. The standard InChI is InChI=1S/C14H19NO2S/c16-14(17)13-5-3-12(4-6-13)11-18-10-9-15-7-1-2-8-15/h3-6H,1-2,7-11H2,(H,16,17). The van der Waals surface area contributed by atoms with Crippen LogP contribution in [0.1, 0.15) is 28.8 Å². The molecule has 1 aromatic carbocycles. The number of hydrogen-bond acceptors (Lipinski definition) is 3. The van der Waals surface area contributed by atoms with Crippen molar-refractivity contribution in [2.24, 2.45) is 0 Å². The second-order valence-corrected chi connectivity index (χ2v) is 5.71. The molecule has 0 aliphatic carbocycles. The molecule has 0 spiro atoms. The van der Waals surface area contributed by atoms with Crippen LogP contribution in [0.15, 0.2) is 24.3 Å². The molecule has 1 N–H and O–H groups in total. The van der Waals surface area contributed by atoms with E-state index in [0.717, 1.165) is 11.5 Å². The number of rotatable bonds is 6. The van der Waals surface area contributed by atoms with Crippen molar-refractivity contribution in [3.63, 3.8) is 0 Å². The van der Waals surface area contributed by atoms with Gasteiger partial charge in [-0.25, -0.2) is 4.79 Å². The Kier molecular flexibility index (Phi) is 5.08. The van der Waals surface area contributed by atoms with Crippen LogP contribution in [0.4, 0.5) is 0 Å². The molecular formula is C14H19NO2S. The van der Waals surface area contributed by atoms with Crippen LogP contribution in [0.25, 0.3) is 0 Å². The third-order valence-corrected chi connectivity index (χ3v) is 4.23. The van der Waals surface area contributed by atoms with E-state index in [4.69, 9.17) is 5.11 Å². The van der Waals surface area contributed by atoms with Crippen molar-refractivity contribution < 1.29 is 9.90 Å². The summed E-state index contributed by atoms with van der Waals surface area (Å²) in [4.78, 5) is 13.2. The largest absolute Gasteiger partial charge is 0.478 e. The SMILES string of the molecule is O=C(O)c1ccc(CSCCN2CCCC2)cc1. The molecule has 3 nitrogen and oxygen atoms in total. The van der Waals surface area contributed by atoms with Gasteiger partial charge in [-0.1, -0.05) is 12.1 Å². The molecule has 1 saturated heterocycles. The Bertz CT molecular complexity index is 385. The van der Waals surface area contributed by atoms with Gasteiger partial charge in [0.2, 0.25) is 0 Å². The lowest BCUT2D eigenvalue weighted by atomic mass is 10.1. The zero-order valence-electron chi connectivity index (χ0n) is 10.5. The topological polar surface area (TPSA) is 40.5 Å². The second kappa shape index (κ2) is 6.81. The van der Waals surface area contributed by atoms with Gasteiger partial charge >= 0.3 is 5.97 Å². The molecule has 1 aromatic rings. The summed E-state index contributed by atoms with van der Waals surface area (Å²) in [6, 6.07) is 7.18. The summed E-state index contributed by atoms with van der Waals surface area (Å²) in [5.74, 6) is 1.26. The minimum absolute atomic E-state index is 0.362. The second-order valence-electron chi connectivity index (χ2n) is 4.60. The third-order valence-electron chi connectivity index (χ3n) is 3.22. The number of carbonyl (C=O) groups is 1. The molecule has 0 unspecified atom stereocenters. The number of thioether (sulfide) groups is 1. The lowest BCUT2D eigenvalue weighted by molar-refractivity contribution is 0.0697. The van der Waals surface area contributed by atoms with Crippen molar-refractivity contribution in [1.82, 2.24) is 4.90 Å². The van der Waals surface area contributed by atoms with Crippen LogP contribution in [0.5, 0.6) is 0 Å². The van der Waals surface area contributed by atoms with Gasteiger partial charge in [-0.3, -0.25) is 0 Å². The van der Waals surface area contributed by atoms with Crippen LogP contribution in [-0.2, 0) is 5.75 Å². The first kappa shape index (κ1) is 13.4. The fraction of sp³-hybridized carbons (Fsp3) is 0.500. The molecule has 1 aliphatic heterocycles. The Labute approximate surface area is 112 Å². The molecule has 1 fully saturated rings. The minimum atomic E-state index is -0.858. The highest BCUT2D eigenvalue weighted by atomic mass is 32.2. The highest BCUT2D eigenvalue weighted by Gasteiger charge is 2.10. The quantitative estimate of drug-likeness (QED) is 0.803. The van der Waals surface area contributed by atoms with Gasteiger partial charge in [-0.15, -0.1) is 0 Å². The van der Waals surface area contributed by atoms with Crippen molar-refractivity contribution in [3.8, 4) is 0 Å². The van der Waals surface area contributed by atoms with E-state index >= 15 is 0 Å². The van der Waals surface area contributed by atoms with E-state index < -0.39 is 5.97 Å². The molecular weight excluding hydrogens is 246 g/mol. The molecule has 0 bridgehead atoms. The van der Waals surface area contributed by atoms with Gasteiger partial charge in [0.05, 0.1) is 5.56 Å². The maximum atomic E-state index is 10.7. The molecule has 1 aliphatic rings. The fourth-order valence-corrected chi connectivity index (χ4v) is 3.09. The molecule has 0 amide bonds. The van der Waals surface area contributed by atoms with E-state index in [1.54, 1.807) is 12.1 Å². The Hall–Kier alpha value is -1.00. The number of aromatic carboxylic acids is 1. The number of carboxylic acids is 1. The molecule has 1 heterocycles. The zero-order chi connectivity index (χ0) is 12.8. The first-order valence-electron chi connectivity index (χ1n) is 6.38. The number of carboxylic acid groups (broad SMARTS) is 1. The fourth-order valence-electron chi connectivity index (χ4n) is 2.13. The zero-order valence-corrected chi connectivity index (χ0v) is 11.3. The van der Waals surface area contributed by atoms with Gasteiger partial charge in [0.25, 0.3) is 0 Å². The first-order chi connectivity index (χ1) is 8.75. The normalized spacial score (nSPS) is 16.0. The molecule has 98 valence electrons. The van der Waals surface area contributed by atoms with Crippen LogP contribution in [-0.4, -0.2) is 41.4 Å². The monoisotopic (exact) mass is 265 g/mol. The maximum Gasteiger partial charge on any atom is 0.335 e. The van der Waals surface area contributed by atoms with Crippen LogP contribution in [0.2, 0.25) is 0 Å². The van der Waals surface area contributed by atoms with Crippen LogP contribution >= 0.6 is 11.8 Å². The Morgan fingerprint density at radius 1 is 1.22 bits per heavy atom. The lowest BCUT2D eigenvalue weighted by Gasteiger charge is -2.13. The molecule has 0 radical (unpaired) electrons. The van der Waals surface area contributed by atoms with Crippen molar-refractivity contribution in [2.45, 2.75) is 18.6 Å². The van der Waals surface area contributed by atoms with Gasteiger partial charge in [0, 0.05) is 18.1 Å². The summed E-state index contributed by atoms with van der Waals surface area (Å²) < 4.78 is 0.